The Morgan fingerprint density at radius 3 is 2.89 bits per heavy atom. The number of aliphatic hydroxyl groups is 1. The van der Waals surface area contributed by atoms with Gasteiger partial charge < -0.3 is 10.4 Å². The van der Waals surface area contributed by atoms with Crippen LogP contribution in [0.3, 0.4) is 0 Å². The highest BCUT2D eigenvalue weighted by molar-refractivity contribution is 7.20. The lowest BCUT2D eigenvalue weighted by Gasteiger charge is -2.40. The van der Waals surface area contributed by atoms with E-state index in [1.807, 2.05) is 17.5 Å². The van der Waals surface area contributed by atoms with Crippen LogP contribution in [0.5, 0.6) is 0 Å². The van der Waals surface area contributed by atoms with Crippen molar-refractivity contribution in [3.8, 4) is 9.88 Å². The molecule has 0 aromatic carbocycles. The number of hydrogen-bond donors (Lipinski definition) is 2. The zero-order valence-electron chi connectivity index (χ0n) is 10.3. The smallest absolute Gasteiger partial charge is 0.271 e. The molecule has 4 nitrogen and oxygen atoms in total. The summed E-state index contributed by atoms with van der Waals surface area (Å²) in [7, 11) is 0. The first kappa shape index (κ1) is 12.8. The number of thiophene rings is 1. The van der Waals surface area contributed by atoms with Crippen LogP contribution in [-0.4, -0.2) is 28.1 Å². The Kier molecular flexibility index (Phi) is 3.38. The Bertz CT molecular complexity index is 568. The third-order valence-corrected chi connectivity index (χ3v) is 5.34. The molecule has 1 saturated carbocycles. The average molecular weight is 294 g/mol. The number of carbonyl (C=O) groups is 1. The van der Waals surface area contributed by atoms with Crippen molar-refractivity contribution in [2.24, 2.45) is 0 Å². The number of amides is 1. The minimum atomic E-state index is -0.413. The molecule has 0 unspecified atom stereocenters. The third-order valence-electron chi connectivity index (χ3n) is 3.46. The molecule has 6 heteroatoms. The van der Waals surface area contributed by atoms with Gasteiger partial charge in [-0.2, -0.15) is 0 Å². The van der Waals surface area contributed by atoms with Crippen LogP contribution in [0.1, 0.15) is 29.8 Å². The van der Waals surface area contributed by atoms with Crippen LogP contribution < -0.4 is 5.32 Å². The van der Waals surface area contributed by atoms with Gasteiger partial charge in [0.05, 0.1) is 17.0 Å². The molecule has 2 aromatic rings. The number of thiazole rings is 1. The quantitative estimate of drug-likeness (QED) is 0.911. The Balaban J connectivity index is 1.74. The van der Waals surface area contributed by atoms with Gasteiger partial charge in [0.2, 0.25) is 0 Å². The third kappa shape index (κ3) is 2.43. The van der Waals surface area contributed by atoms with Crippen molar-refractivity contribution < 1.29 is 9.90 Å². The summed E-state index contributed by atoms with van der Waals surface area (Å²) in [6, 6.07) is 3.96. The topological polar surface area (TPSA) is 62.2 Å². The highest BCUT2D eigenvalue weighted by Gasteiger charge is 2.38. The van der Waals surface area contributed by atoms with Crippen LogP contribution in [-0.2, 0) is 0 Å². The van der Waals surface area contributed by atoms with Gasteiger partial charge in [0.15, 0.2) is 0 Å². The van der Waals surface area contributed by atoms with Crippen molar-refractivity contribution in [3.63, 3.8) is 0 Å². The van der Waals surface area contributed by atoms with Crippen molar-refractivity contribution in [3.05, 3.63) is 28.6 Å². The fourth-order valence-electron chi connectivity index (χ4n) is 2.12. The lowest BCUT2D eigenvalue weighted by molar-refractivity contribution is 0.0638. The maximum absolute atomic E-state index is 12.1. The fourth-order valence-corrected chi connectivity index (χ4v) is 3.74. The van der Waals surface area contributed by atoms with Crippen LogP contribution in [0.25, 0.3) is 9.88 Å². The first-order valence-electron chi connectivity index (χ1n) is 6.15. The second kappa shape index (κ2) is 5.03. The van der Waals surface area contributed by atoms with E-state index in [0.29, 0.717) is 5.69 Å². The van der Waals surface area contributed by atoms with Crippen LogP contribution >= 0.6 is 22.7 Å². The van der Waals surface area contributed by atoms with Crippen LogP contribution in [0.15, 0.2) is 22.9 Å². The maximum Gasteiger partial charge on any atom is 0.271 e. The minimum Gasteiger partial charge on any atom is -0.394 e. The standard InChI is InChI=1S/C13H14N2O2S2/c16-8-13(4-2-5-13)15-11(17)9-7-19-12(14-9)10-3-1-6-18-10/h1,3,6-7,16H,2,4-5,8H2,(H,15,17). The summed E-state index contributed by atoms with van der Waals surface area (Å²) in [6.07, 6.45) is 2.74. The Hall–Kier alpha value is -1.24. The van der Waals surface area contributed by atoms with E-state index in [4.69, 9.17) is 0 Å². The molecule has 2 N–H and O–H groups in total. The number of aromatic nitrogens is 1. The van der Waals surface area contributed by atoms with Gasteiger partial charge in [0, 0.05) is 5.38 Å². The highest BCUT2D eigenvalue weighted by atomic mass is 32.1. The summed E-state index contributed by atoms with van der Waals surface area (Å²) in [5.74, 6) is -0.187. The van der Waals surface area contributed by atoms with E-state index in [1.165, 1.54) is 11.3 Å². The second-order valence-corrected chi connectivity index (χ2v) is 6.57. The average Bonchev–Trinajstić information content (AvgIpc) is 3.02. The number of carbonyl (C=O) groups excluding carboxylic acids is 1. The van der Waals surface area contributed by atoms with Crippen molar-refractivity contribution in [2.75, 3.05) is 6.61 Å². The lowest BCUT2D eigenvalue weighted by Crippen LogP contribution is -2.56. The summed E-state index contributed by atoms with van der Waals surface area (Å²) in [5, 5.41) is 16.9. The Morgan fingerprint density at radius 2 is 2.32 bits per heavy atom. The van der Waals surface area contributed by atoms with Gasteiger partial charge in [-0.15, -0.1) is 22.7 Å². The number of rotatable bonds is 4. The van der Waals surface area contributed by atoms with E-state index in [0.717, 1.165) is 29.1 Å². The first-order chi connectivity index (χ1) is 9.22. The van der Waals surface area contributed by atoms with Crippen LogP contribution in [0.2, 0.25) is 0 Å². The van der Waals surface area contributed by atoms with Crippen molar-refractivity contribution >= 4 is 28.6 Å². The predicted molar refractivity (Wildman–Crippen MR) is 76.6 cm³/mol. The molecule has 0 aliphatic heterocycles. The monoisotopic (exact) mass is 294 g/mol. The lowest BCUT2D eigenvalue weighted by atomic mass is 9.77. The molecule has 3 rings (SSSR count). The molecule has 100 valence electrons. The molecule has 19 heavy (non-hydrogen) atoms. The minimum absolute atomic E-state index is 0.000654. The van der Waals surface area contributed by atoms with Gasteiger partial charge in [-0.25, -0.2) is 4.98 Å². The van der Waals surface area contributed by atoms with E-state index >= 15 is 0 Å². The molecule has 1 fully saturated rings. The summed E-state index contributed by atoms with van der Waals surface area (Å²) in [6.45, 7) is 0.000654. The largest absolute Gasteiger partial charge is 0.394 e. The van der Waals surface area contributed by atoms with Gasteiger partial charge in [0.25, 0.3) is 5.91 Å². The molecule has 0 atom stereocenters. The van der Waals surface area contributed by atoms with Gasteiger partial charge in [-0.3, -0.25) is 4.79 Å². The molecule has 2 aromatic heterocycles. The molecule has 0 spiro atoms. The van der Waals surface area contributed by atoms with Gasteiger partial charge >= 0.3 is 0 Å². The Labute approximate surface area is 119 Å². The summed E-state index contributed by atoms with van der Waals surface area (Å²) < 4.78 is 0. The zero-order valence-corrected chi connectivity index (χ0v) is 11.9. The molecule has 2 heterocycles. The number of nitrogens with one attached hydrogen (secondary N) is 1. The molecule has 1 amide bonds. The molecule has 0 bridgehead atoms. The predicted octanol–water partition coefficient (Wildman–Crippen LogP) is 2.52. The zero-order chi connectivity index (χ0) is 13.3. The number of aliphatic hydroxyl groups excluding tert-OH is 1. The molecule has 0 radical (unpaired) electrons. The van der Waals surface area contributed by atoms with E-state index < -0.39 is 5.54 Å². The summed E-state index contributed by atoms with van der Waals surface area (Å²) in [4.78, 5) is 17.6. The van der Waals surface area contributed by atoms with Crippen molar-refractivity contribution in [2.45, 2.75) is 24.8 Å². The molecular formula is C13H14N2O2S2. The molecular weight excluding hydrogens is 280 g/mol. The molecule has 0 saturated heterocycles. The number of nitrogens with zero attached hydrogens (tertiary/aromatic N) is 1. The summed E-state index contributed by atoms with van der Waals surface area (Å²) >= 11 is 3.08. The van der Waals surface area contributed by atoms with E-state index in [9.17, 15) is 9.90 Å². The van der Waals surface area contributed by atoms with Gasteiger partial charge in [-0.1, -0.05) is 6.07 Å². The van der Waals surface area contributed by atoms with Crippen LogP contribution in [0.4, 0.5) is 0 Å². The van der Waals surface area contributed by atoms with Gasteiger partial charge in [-0.05, 0) is 30.7 Å². The first-order valence-corrected chi connectivity index (χ1v) is 7.91. The fraction of sp³-hybridized carbons (Fsp3) is 0.385. The normalized spacial score (nSPS) is 16.9. The highest BCUT2D eigenvalue weighted by Crippen LogP contribution is 2.32. The maximum atomic E-state index is 12.1. The van der Waals surface area contributed by atoms with Crippen LogP contribution in [0, 0.1) is 0 Å². The van der Waals surface area contributed by atoms with Crippen molar-refractivity contribution in [1.82, 2.24) is 10.3 Å². The molecule has 1 aliphatic rings. The summed E-state index contributed by atoms with van der Waals surface area (Å²) in [5.41, 5.74) is 0.0252. The SMILES string of the molecule is O=C(NC1(CO)CCC1)c1csc(-c2cccs2)n1. The van der Waals surface area contributed by atoms with E-state index in [1.54, 1.807) is 16.7 Å². The Morgan fingerprint density at radius 1 is 1.47 bits per heavy atom. The van der Waals surface area contributed by atoms with Gasteiger partial charge in [0.1, 0.15) is 10.7 Å². The van der Waals surface area contributed by atoms with E-state index in [-0.39, 0.29) is 12.5 Å². The van der Waals surface area contributed by atoms with E-state index in [2.05, 4.69) is 10.3 Å². The molecule has 1 aliphatic carbocycles. The second-order valence-electron chi connectivity index (χ2n) is 4.76. The van der Waals surface area contributed by atoms with Crippen molar-refractivity contribution in [1.29, 1.82) is 0 Å². The number of hydrogen-bond acceptors (Lipinski definition) is 5.